The van der Waals surface area contributed by atoms with Crippen LogP contribution < -0.4 is 5.32 Å². The van der Waals surface area contributed by atoms with Gasteiger partial charge < -0.3 is 5.32 Å². The monoisotopic (exact) mass is 319 g/mol. The van der Waals surface area contributed by atoms with Crippen molar-refractivity contribution in [2.45, 2.75) is 13.5 Å². The predicted octanol–water partition coefficient (Wildman–Crippen LogP) is 2.81. The second-order valence-corrected chi connectivity index (χ2v) is 5.04. The molecule has 0 unspecified atom stereocenters. The second-order valence-electron chi connectivity index (χ2n) is 4.18. The summed E-state index contributed by atoms with van der Waals surface area (Å²) in [7, 11) is 0. The molecule has 0 aliphatic rings. The first-order valence-corrected chi connectivity index (χ1v) is 6.64. The fourth-order valence-electron chi connectivity index (χ4n) is 1.56. The van der Waals surface area contributed by atoms with E-state index >= 15 is 0 Å². The van der Waals surface area contributed by atoms with E-state index in [1.165, 1.54) is 11.6 Å². The van der Waals surface area contributed by atoms with Gasteiger partial charge in [0.25, 0.3) is 0 Å². The van der Waals surface area contributed by atoms with Crippen LogP contribution in [0.3, 0.4) is 0 Å². The Morgan fingerprint density at radius 2 is 2.37 bits per heavy atom. The van der Waals surface area contributed by atoms with Gasteiger partial charge in [-0.15, -0.1) is 0 Å². The van der Waals surface area contributed by atoms with Gasteiger partial charge in [-0.1, -0.05) is 28.1 Å². The molecule has 0 atom stereocenters. The summed E-state index contributed by atoms with van der Waals surface area (Å²) >= 11 is 3.47. The number of aromatic nitrogens is 2. The molecule has 98 valence electrons. The van der Waals surface area contributed by atoms with Crippen molar-refractivity contribution in [2.75, 3.05) is 0 Å². The lowest BCUT2D eigenvalue weighted by Crippen LogP contribution is -2.19. The zero-order chi connectivity index (χ0) is 13.7. The van der Waals surface area contributed by atoms with Crippen LogP contribution in [0, 0.1) is 6.92 Å². The fraction of sp³-hybridized carbons (Fsp3) is 0.143. The Morgan fingerprint density at radius 1 is 1.53 bits per heavy atom. The van der Waals surface area contributed by atoms with Gasteiger partial charge in [-0.25, -0.2) is 0 Å². The van der Waals surface area contributed by atoms with E-state index in [1.54, 1.807) is 18.5 Å². The lowest BCUT2D eigenvalue weighted by atomic mass is 10.1. The van der Waals surface area contributed by atoms with Crippen molar-refractivity contribution in [2.24, 2.45) is 0 Å². The Balaban J connectivity index is 1.92. The first kappa shape index (κ1) is 13.5. The van der Waals surface area contributed by atoms with E-state index in [4.69, 9.17) is 0 Å². The standard InChI is InChI=1S/C14H14BrN3O/c1-10-2-3-12(13(15)6-10)4-5-14(19)16-7-11-8-17-18-9-11/h2-6,8-9H,7H2,1H3,(H,16,19)(H,17,18)/b5-4+. The number of halogens is 1. The Hall–Kier alpha value is -1.88. The van der Waals surface area contributed by atoms with E-state index in [0.29, 0.717) is 6.54 Å². The first-order valence-electron chi connectivity index (χ1n) is 5.85. The Labute approximate surface area is 120 Å². The van der Waals surface area contributed by atoms with E-state index in [9.17, 15) is 4.79 Å². The number of aryl methyl sites for hydroxylation is 1. The smallest absolute Gasteiger partial charge is 0.244 e. The van der Waals surface area contributed by atoms with Crippen LogP contribution in [-0.4, -0.2) is 16.1 Å². The molecule has 19 heavy (non-hydrogen) atoms. The summed E-state index contributed by atoms with van der Waals surface area (Å²) in [5.41, 5.74) is 3.09. The first-order chi connectivity index (χ1) is 9.15. The van der Waals surface area contributed by atoms with E-state index in [2.05, 4.69) is 31.4 Å². The average Bonchev–Trinajstić information content (AvgIpc) is 2.88. The summed E-state index contributed by atoms with van der Waals surface area (Å²) in [6, 6.07) is 6.00. The number of nitrogens with zero attached hydrogens (tertiary/aromatic N) is 1. The Bertz CT molecular complexity index is 591. The van der Waals surface area contributed by atoms with Crippen LogP contribution in [0.4, 0.5) is 0 Å². The number of carbonyl (C=O) groups excluding carboxylic acids is 1. The number of nitrogens with one attached hydrogen (secondary N) is 2. The Morgan fingerprint density at radius 3 is 3.05 bits per heavy atom. The maximum absolute atomic E-state index is 11.6. The minimum absolute atomic E-state index is 0.131. The quantitative estimate of drug-likeness (QED) is 0.851. The third-order valence-electron chi connectivity index (χ3n) is 2.59. The fourth-order valence-corrected chi connectivity index (χ4v) is 2.18. The lowest BCUT2D eigenvalue weighted by Gasteiger charge is -2.01. The summed E-state index contributed by atoms with van der Waals surface area (Å²) in [6.07, 6.45) is 6.74. The molecule has 0 saturated heterocycles. The van der Waals surface area contributed by atoms with Crippen molar-refractivity contribution in [1.82, 2.24) is 15.5 Å². The highest BCUT2D eigenvalue weighted by molar-refractivity contribution is 9.10. The average molecular weight is 320 g/mol. The lowest BCUT2D eigenvalue weighted by molar-refractivity contribution is -0.116. The number of benzene rings is 1. The number of hydrogen-bond acceptors (Lipinski definition) is 2. The largest absolute Gasteiger partial charge is 0.348 e. The van der Waals surface area contributed by atoms with Crippen molar-refractivity contribution < 1.29 is 4.79 Å². The molecule has 2 aromatic rings. The number of amides is 1. The molecule has 0 fully saturated rings. The number of H-pyrrole nitrogens is 1. The van der Waals surface area contributed by atoms with Gasteiger partial charge >= 0.3 is 0 Å². The van der Waals surface area contributed by atoms with Crippen LogP contribution in [0.5, 0.6) is 0 Å². The molecule has 0 saturated carbocycles. The molecule has 4 nitrogen and oxygen atoms in total. The number of hydrogen-bond donors (Lipinski definition) is 2. The normalized spacial score (nSPS) is 10.8. The summed E-state index contributed by atoms with van der Waals surface area (Å²) in [5, 5.41) is 9.30. The van der Waals surface area contributed by atoms with Crippen molar-refractivity contribution in [1.29, 1.82) is 0 Å². The van der Waals surface area contributed by atoms with Crippen LogP contribution >= 0.6 is 15.9 Å². The van der Waals surface area contributed by atoms with E-state index in [0.717, 1.165) is 15.6 Å². The minimum Gasteiger partial charge on any atom is -0.348 e. The second kappa shape index (κ2) is 6.33. The molecule has 5 heteroatoms. The number of carbonyl (C=O) groups is 1. The van der Waals surface area contributed by atoms with Gasteiger partial charge in [0.05, 0.1) is 6.20 Å². The van der Waals surface area contributed by atoms with Gasteiger partial charge in [0.2, 0.25) is 5.91 Å². The van der Waals surface area contributed by atoms with E-state index < -0.39 is 0 Å². The maximum Gasteiger partial charge on any atom is 0.244 e. The maximum atomic E-state index is 11.6. The molecule has 0 aliphatic carbocycles. The zero-order valence-electron chi connectivity index (χ0n) is 10.5. The molecule has 1 heterocycles. The Kier molecular flexibility index (Phi) is 4.52. The van der Waals surface area contributed by atoms with Gasteiger partial charge in [-0.3, -0.25) is 9.89 Å². The summed E-state index contributed by atoms with van der Waals surface area (Å²) < 4.78 is 0.978. The SMILES string of the molecule is Cc1ccc(/C=C/C(=O)NCc2cn[nH]c2)c(Br)c1. The molecule has 0 radical (unpaired) electrons. The minimum atomic E-state index is -0.131. The van der Waals surface area contributed by atoms with E-state index in [-0.39, 0.29) is 5.91 Å². The third kappa shape index (κ3) is 4.06. The highest BCUT2D eigenvalue weighted by atomic mass is 79.9. The van der Waals surface area contributed by atoms with Crippen LogP contribution in [0.15, 0.2) is 41.1 Å². The number of aromatic amines is 1. The topological polar surface area (TPSA) is 57.8 Å². The van der Waals surface area contributed by atoms with Crippen LogP contribution in [-0.2, 0) is 11.3 Å². The summed E-state index contributed by atoms with van der Waals surface area (Å²) in [5.74, 6) is -0.131. The molecular weight excluding hydrogens is 306 g/mol. The molecule has 1 amide bonds. The van der Waals surface area contributed by atoms with Gasteiger partial charge in [0.1, 0.15) is 0 Å². The van der Waals surface area contributed by atoms with Crippen molar-refractivity contribution in [3.63, 3.8) is 0 Å². The zero-order valence-corrected chi connectivity index (χ0v) is 12.1. The molecule has 1 aromatic carbocycles. The van der Waals surface area contributed by atoms with E-state index in [1.807, 2.05) is 25.1 Å². The van der Waals surface area contributed by atoms with Gasteiger partial charge in [0, 0.05) is 28.9 Å². The van der Waals surface area contributed by atoms with Gasteiger partial charge in [-0.05, 0) is 30.2 Å². The van der Waals surface area contributed by atoms with Crippen molar-refractivity contribution >= 4 is 27.9 Å². The molecular formula is C14H14BrN3O. The van der Waals surface area contributed by atoms with Crippen LogP contribution in [0.25, 0.3) is 6.08 Å². The number of rotatable bonds is 4. The highest BCUT2D eigenvalue weighted by Gasteiger charge is 1.99. The third-order valence-corrected chi connectivity index (χ3v) is 3.28. The van der Waals surface area contributed by atoms with Crippen molar-refractivity contribution in [3.8, 4) is 0 Å². The summed E-state index contributed by atoms with van der Waals surface area (Å²) in [6.45, 7) is 2.49. The van der Waals surface area contributed by atoms with Crippen LogP contribution in [0.1, 0.15) is 16.7 Å². The molecule has 2 rings (SSSR count). The predicted molar refractivity (Wildman–Crippen MR) is 78.3 cm³/mol. The molecule has 0 bridgehead atoms. The summed E-state index contributed by atoms with van der Waals surface area (Å²) in [4.78, 5) is 11.6. The molecule has 1 aromatic heterocycles. The molecule has 0 spiro atoms. The molecule has 0 aliphatic heterocycles. The highest BCUT2D eigenvalue weighted by Crippen LogP contribution is 2.19. The molecule has 2 N–H and O–H groups in total. The van der Waals surface area contributed by atoms with Gasteiger partial charge in [-0.2, -0.15) is 5.10 Å². The van der Waals surface area contributed by atoms with Crippen LogP contribution in [0.2, 0.25) is 0 Å². The van der Waals surface area contributed by atoms with Crippen molar-refractivity contribution in [3.05, 3.63) is 57.8 Å². The van der Waals surface area contributed by atoms with Gasteiger partial charge in [0.15, 0.2) is 0 Å².